The van der Waals surface area contributed by atoms with Crippen LogP contribution in [-0.4, -0.2) is 35.8 Å². The van der Waals surface area contributed by atoms with Crippen LogP contribution in [0.4, 0.5) is 0 Å². The van der Waals surface area contributed by atoms with Gasteiger partial charge in [-0.2, -0.15) is 0 Å². The molecule has 0 atom stereocenters. The van der Waals surface area contributed by atoms with Crippen LogP contribution in [0.3, 0.4) is 0 Å². The Morgan fingerprint density at radius 1 is 1.20 bits per heavy atom. The van der Waals surface area contributed by atoms with Crippen molar-refractivity contribution in [3.8, 4) is 0 Å². The average Bonchev–Trinajstić information content (AvgIpc) is 2.65. The lowest BCUT2D eigenvalue weighted by atomic mass is 10.3. The van der Waals surface area contributed by atoms with E-state index >= 15 is 0 Å². The van der Waals surface area contributed by atoms with Gasteiger partial charge in [-0.05, 0) is 26.7 Å². The lowest BCUT2D eigenvalue weighted by Crippen LogP contribution is -2.29. The number of amides is 2. The molecule has 1 saturated heterocycles. The zero-order valence-corrected chi connectivity index (χ0v) is 9.32. The fourth-order valence-electron chi connectivity index (χ4n) is 1.52. The smallest absolute Gasteiger partial charge is 0.246 e. The van der Waals surface area contributed by atoms with Gasteiger partial charge >= 0.3 is 0 Å². The fraction of sp³-hybridized carbons (Fsp3) is 0.636. The molecule has 0 spiro atoms. The molecular formula is C11H18N2O2. The summed E-state index contributed by atoms with van der Waals surface area (Å²) < 4.78 is 0. The predicted octanol–water partition coefficient (Wildman–Crippen LogP) is 0.690. The summed E-state index contributed by atoms with van der Waals surface area (Å²) in [6, 6.07) is 0.101. The highest BCUT2D eigenvalue weighted by atomic mass is 16.2. The first kappa shape index (κ1) is 11.8. The number of nitrogens with zero attached hydrogens (tertiary/aromatic N) is 1. The largest absolute Gasteiger partial charge is 0.350 e. The summed E-state index contributed by atoms with van der Waals surface area (Å²) in [4.78, 5) is 24.5. The summed E-state index contributed by atoms with van der Waals surface area (Å²) in [7, 11) is 0. The van der Waals surface area contributed by atoms with Gasteiger partial charge in [0.05, 0.1) is 0 Å². The topological polar surface area (TPSA) is 49.4 Å². The van der Waals surface area contributed by atoms with Gasteiger partial charge in [-0.3, -0.25) is 9.59 Å². The van der Waals surface area contributed by atoms with Gasteiger partial charge in [-0.25, -0.2) is 0 Å². The molecule has 0 aliphatic carbocycles. The summed E-state index contributed by atoms with van der Waals surface area (Å²) in [5.41, 5.74) is 0. The van der Waals surface area contributed by atoms with E-state index in [1.807, 2.05) is 13.8 Å². The standard InChI is InChI=1S/C11H18N2O2/c1-9(2)12-10(14)5-6-11(15)13-7-3-4-8-13/h5-6,9H,3-4,7-8H2,1-2H3,(H,12,14)/b6-5+. The molecule has 0 saturated carbocycles. The summed E-state index contributed by atoms with van der Waals surface area (Å²) in [6.45, 7) is 5.39. The van der Waals surface area contributed by atoms with Crippen LogP contribution in [0.5, 0.6) is 0 Å². The SMILES string of the molecule is CC(C)NC(=O)/C=C/C(=O)N1CCCC1. The third-order valence-electron chi connectivity index (χ3n) is 2.23. The van der Waals surface area contributed by atoms with Crippen molar-refractivity contribution in [1.82, 2.24) is 10.2 Å². The number of hydrogen-bond acceptors (Lipinski definition) is 2. The van der Waals surface area contributed by atoms with E-state index in [2.05, 4.69) is 5.32 Å². The number of rotatable bonds is 3. The van der Waals surface area contributed by atoms with E-state index in [1.165, 1.54) is 12.2 Å². The molecule has 15 heavy (non-hydrogen) atoms. The molecule has 84 valence electrons. The Kier molecular flexibility index (Phi) is 4.34. The zero-order valence-electron chi connectivity index (χ0n) is 9.32. The first-order valence-electron chi connectivity index (χ1n) is 5.37. The van der Waals surface area contributed by atoms with Crippen LogP contribution < -0.4 is 5.32 Å². The van der Waals surface area contributed by atoms with Crippen LogP contribution in [0, 0.1) is 0 Å². The van der Waals surface area contributed by atoms with Gasteiger partial charge in [0.25, 0.3) is 0 Å². The molecule has 0 bridgehead atoms. The van der Waals surface area contributed by atoms with Crippen molar-refractivity contribution in [2.24, 2.45) is 0 Å². The van der Waals surface area contributed by atoms with Crippen LogP contribution in [-0.2, 0) is 9.59 Å². The van der Waals surface area contributed by atoms with E-state index in [-0.39, 0.29) is 17.9 Å². The van der Waals surface area contributed by atoms with Gasteiger partial charge in [-0.15, -0.1) is 0 Å². The molecule has 4 heteroatoms. The molecule has 0 radical (unpaired) electrons. The number of nitrogens with one attached hydrogen (secondary N) is 1. The normalized spacial score (nSPS) is 16.3. The molecule has 1 N–H and O–H groups in total. The second-order valence-corrected chi connectivity index (χ2v) is 4.03. The van der Waals surface area contributed by atoms with Gasteiger partial charge in [0, 0.05) is 31.3 Å². The maximum Gasteiger partial charge on any atom is 0.246 e. The third kappa shape index (κ3) is 4.14. The summed E-state index contributed by atoms with van der Waals surface area (Å²) in [5, 5.41) is 2.69. The molecular weight excluding hydrogens is 192 g/mol. The minimum atomic E-state index is -0.211. The van der Waals surface area contributed by atoms with E-state index in [0.717, 1.165) is 25.9 Å². The Morgan fingerprint density at radius 3 is 2.33 bits per heavy atom. The van der Waals surface area contributed by atoms with Crippen LogP contribution in [0.2, 0.25) is 0 Å². The highest BCUT2D eigenvalue weighted by Crippen LogP contribution is 2.07. The summed E-state index contributed by atoms with van der Waals surface area (Å²) in [6.07, 6.45) is 4.79. The maximum atomic E-state index is 11.5. The van der Waals surface area contributed by atoms with Crippen LogP contribution >= 0.6 is 0 Å². The van der Waals surface area contributed by atoms with Gasteiger partial charge < -0.3 is 10.2 Å². The maximum absolute atomic E-state index is 11.5. The number of carbonyl (C=O) groups excluding carboxylic acids is 2. The Bertz CT molecular complexity index is 266. The quantitative estimate of drug-likeness (QED) is 0.697. The minimum absolute atomic E-state index is 0.0635. The van der Waals surface area contributed by atoms with Crippen LogP contribution in [0.15, 0.2) is 12.2 Å². The average molecular weight is 210 g/mol. The molecule has 1 fully saturated rings. The van der Waals surface area contributed by atoms with E-state index in [9.17, 15) is 9.59 Å². The van der Waals surface area contributed by atoms with E-state index in [1.54, 1.807) is 4.90 Å². The van der Waals surface area contributed by atoms with Crippen molar-refractivity contribution in [1.29, 1.82) is 0 Å². The van der Waals surface area contributed by atoms with Gasteiger partial charge in [0.2, 0.25) is 11.8 Å². The number of carbonyl (C=O) groups is 2. The lowest BCUT2D eigenvalue weighted by Gasteiger charge is -2.11. The molecule has 0 aromatic heterocycles. The Balaban J connectivity index is 2.36. The molecule has 4 nitrogen and oxygen atoms in total. The van der Waals surface area contributed by atoms with Crippen molar-refractivity contribution >= 4 is 11.8 Å². The van der Waals surface area contributed by atoms with Crippen LogP contribution in [0.1, 0.15) is 26.7 Å². The van der Waals surface area contributed by atoms with Crippen molar-refractivity contribution in [3.05, 3.63) is 12.2 Å². The van der Waals surface area contributed by atoms with E-state index in [4.69, 9.17) is 0 Å². The molecule has 1 aliphatic rings. The zero-order chi connectivity index (χ0) is 11.3. The first-order chi connectivity index (χ1) is 7.09. The summed E-state index contributed by atoms with van der Waals surface area (Å²) >= 11 is 0. The van der Waals surface area contributed by atoms with Gasteiger partial charge in [0.15, 0.2) is 0 Å². The Hall–Kier alpha value is -1.32. The highest BCUT2D eigenvalue weighted by molar-refractivity contribution is 5.96. The predicted molar refractivity (Wildman–Crippen MR) is 58.2 cm³/mol. The fourth-order valence-corrected chi connectivity index (χ4v) is 1.52. The molecule has 1 aliphatic heterocycles. The van der Waals surface area contributed by atoms with E-state index < -0.39 is 0 Å². The first-order valence-corrected chi connectivity index (χ1v) is 5.37. The van der Waals surface area contributed by atoms with Gasteiger partial charge in [-0.1, -0.05) is 0 Å². The van der Waals surface area contributed by atoms with Gasteiger partial charge in [0.1, 0.15) is 0 Å². The van der Waals surface area contributed by atoms with Crippen LogP contribution in [0.25, 0.3) is 0 Å². The second-order valence-electron chi connectivity index (χ2n) is 4.03. The Morgan fingerprint density at radius 2 is 1.80 bits per heavy atom. The lowest BCUT2D eigenvalue weighted by molar-refractivity contribution is -0.125. The Labute approximate surface area is 90.3 Å². The third-order valence-corrected chi connectivity index (χ3v) is 2.23. The second kappa shape index (κ2) is 5.53. The van der Waals surface area contributed by atoms with Crippen molar-refractivity contribution in [2.45, 2.75) is 32.7 Å². The summed E-state index contributed by atoms with van der Waals surface area (Å²) in [5.74, 6) is -0.274. The molecule has 0 aromatic rings. The number of hydrogen-bond donors (Lipinski definition) is 1. The highest BCUT2D eigenvalue weighted by Gasteiger charge is 2.15. The van der Waals surface area contributed by atoms with Crippen molar-refractivity contribution < 1.29 is 9.59 Å². The molecule has 1 heterocycles. The van der Waals surface area contributed by atoms with Crippen molar-refractivity contribution in [2.75, 3.05) is 13.1 Å². The number of likely N-dealkylation sites (tertiary alicyclic amines) is 1. The molecule has 1 rings (SSSR count). The molecule has 2 amide bonds. The van der Waals surface area contributed by atoms with Crippen molar-refractivity contribution in [3.63, 3.8) is 0 Å². The molecule has 0 unspecified atom stereocenters. The minimum Gasteiger partial charge on any atom is -0.350 e. The molecule has 0 aromatic carbocycles. The monoisotopic (exact) mass is 210 g/mol. The van der Waals surface area contributed by atoms with E-state index in [0.29, 0.717) is 0 Å².